The van der Waals surface area contributed by atoms with E-state index in [1.165, 1.54) is 0 Å². The summed E-state index contributed by atoms with van der Waals surface area (Å²) < 4.78 is 0.717. The van der Waals surface area contributed by atoms with E-state index < -0.39 is 18.8 Å². The maximum absolute atomic E-state index is 9.07. The van der Waals surface area contributed by atoms with Crippen molar-refractivity contribution >= 4 is 31.9 Å². The Morgan fingerprint density at radius 1 is 1.27 bits per heavy atom. The molecule has 0 aliphatic rings. The van der Waals surface area contributed by atoms with E-state index in [9.17, 15) is 0 Å². The Kier molecular flexibility index (Phi) is 6.46. The summed E-state index contributed by atoms with van der Waals surface area (Å²) in [5, 5.41) is 26.4. The quantitative estimate of drug-likeness (QED) is 0.715. The third-order valence-corrected chi connectivity index (χ3v) is 1.79. The molecule has 0 saturated carbocycles. The largest absolute Gasteiger partial charge is 0.394 e. The molecule has 0 amide bonds. The Morgan fingerprint density at radius 2 is 1.82 bits per heavy atom. The first-order chi connectivity index (χ1) is 5.07. The van der Waals surface area contributed by atoms with E-state index in [0.717, 1.165) is 0 Å². The molecule has 0 saturated heterocycles. The van der Waals surface area contributed by atoms with Crippen LogP contribution in [0.3, 0.4) is 0 Å². The minimum Gasteiger partial charge on any atom is -0.394 e. The monoisotopic (exact) mass is 288 g/mol. The predicted octanol–water partition coefficient (Wildman–Crippen LogP) is 0.722. The molecule has 0 rings (SSSR count). The third-order valence-electron chi connectivity index (χ3n) is 1.14. The predicted molar refractivity (Wildman–Crippen MR) is 49.7 cm³/mol. The van der Waals surface area contributed by atoms with Gasteiger partial charge in [-0.1, -0.05) is 6.08 Å². The summed E-state index contributed by atoms with van der Waals surface area (Å²) in [6.07, 6.45) is -0.0207. The van der Waals surface area contributed by atoms with Crippen molar-refractivity contribution in [3.8, 4) is 0 Å². The molecule has 0 aliphatic heterocycles. The summed E-state index contributed by atoms with van der Waals surface area (Å²) in [7, 11) is 0. The Balaban J connectivity index is 3.68. The molecule has 3 N–H and O–H groups in total. The van der Waals surface area contributed by atoms with Gasteiger partial charge < -0.3 is 15.3 Å². The van der Waals surface area contributed by atoms with Crippen LogP contribution in [0.1, 0.15) is 6.42 Å². The molecule has 0 aromatic carbocycles. The van der Waals surface area contributed by atoms with Gasteiger partial charge in [-0.3, -0.25) is 0 Å². The number of rotatable bonds is 4. The van der Waals surface area contributed by atoms with Crippen LogP contribution in [0.25, 0.3) is 0 Å². The molecule has 0 spiro atoms. The lowest BCUT2D eigenvalue weighted by Gasteiger charge is -2.12. The van der Waals surface area contributed by atoms with Crippen LogP contribution in [0.2, 0.25) is 0 Å². The summed E-state index contributed by atoms with van der Waals surface area (Å²) in [4.78, 5) is 0. The minimum atomic E-state index is -1.06. The van der Waals surface area contributed by atoms with E-state index in [0.29, 0.717) is 9.81 Å². The van der Waals surface area contributed by atoms with Gasteiger partial charge in [-0.05, 0) is 38.3 Å². The lowest BCUT2D eigenvalue weighted by molar-refractivity contribution is -0.0119. The van der Waals surface area contributed by atoms with E-state index in [-0.39, 0.29) is 0 Å². The zero-order chi connectivity index (χ0) is 8.85. The summed E-state index contributed by atoms with van der Waals surface area (Å²) >= 11 is 6.19. The lowest BCUT2D eigenvalue weighted by Crippen LogP contribution is -2.28. The zero-order valence-corrected chi connectivity index (χ0v) is 8.92. The second kappa shape index (κ2) is 6.14. The van der Waals surface area contributed by atoms with Crippen molar-refractivity contribution in [3.63, 3.8) is 0 Å². The number of hydrogen-bond donors (Lipinski definition) is 3. The van der Waals surface area contributed by atoms with Crippen LogP contribution in [0.4, 0.5) is 0 Å². The Labute approximate surface area is 82.0 Å². The summed E-state index contributed by atoms with van der Waals surface area (Å²) in [6.45, 7) is -0.422. The number of hydrogen-bond acceptors (Lipinski definition) is 3. The van der Waals surface area contributed by atoms with Gasteiger partial charge in [0.25, 0.3) is 0 Å². The Morgan fingerprint density at radius 3 is 2.18 bits per heavy atom. The maximum Gasteiger partial charge on any atom is 0.103 e. The molecule has 0 heterocycles. The molecule has 0 aromatic rings. The highest BCUT2D eigenvalue weighted by atomic mass is 79.9. The average molecular weight is 290 g/mol. The Bertz CT molecular complexity index is 134. The smallest absolute Gasteiger partial charge is 0.103 e. The van der Waals surface area contributed by atoms with Crippen molar-refractivity contribution < 1.29 is 15.3 Å². The SMILES string of the molecule is OC[C@@H](O)[C@@H](O)CC=C(Br)Br. The topological polar surface area (TPSA) is 60.7 Å². The van der Waals surface area contributed by atoms with Gasteiger partial charge in [0.05, 0.1) is 16.1 Å². The van der Waals surface area contributed by atoms with Crippen LogP contribution in [-0.2, 0) is 0 Å². The van der Waals surface area contributed by atoms with Gasteiger partial charge in [0, 0.05) is 0 Å². The van der Waals surface area contributed by atoms with Crippen LogP contribution in [0, 0.1) is 0 Å². The zero-order valence-electron chi connectivity index (χ0n) is 5.74. The molecular formula is C6H10Br2O3. The molecular weight excluding hydrogens is 280 g/mol. The van der Waals surface area contributed by atoms with E-state index in [1.54, 1.807) is 6.08 Å². The van der Waals surface area contributed by atoms with Crippen LogP contribution in [0.15, 0.2) is 9.47 Å². The lowest BCUT2D eigenvalue weighted by atomic mass is 10.1. The van der Waals surface area contributed by atoms with Crippen LogP contribution >= 0.6 is 31.9 Å². The van der Waals surface area contributed by atoms with E-state index >= 15 is 0 Å². The minimum absolute atomic E-state index is 0.299. The van der Waals surface area contributed by atoms with Crippen molar-refractivity contribution in [2.45, 2.75) is 18.6 Å². The van der Waals surface area contributed by atoms with Crippen molar-refractivity contribution in [2.75, 3.05) is 6.61 Å². The fourth-order valence-corrected chi connectivity index (χ4v) is 0.862. The van der Waals surface area contributed by atoms with Gasteiger partial charge >= 0.3 is 0 Å². The van der Waals surface area contributed by atoms with Gasteiger partial charge in [0.1, 0.15) is 6.10 Å². The molecule has 0 aromatic heterocycles. The van der Waals surface area contributed by atoms with E-state index in [1.807, 2.05) is 0 Å². The van der Waals surface area contributed by atoms with Crippen molar-refractivity contribution in [1.82, 2.24) is 0 Å². The molecule has 0 fully saturated rings. The first kappa shape index (κ1) is 11.6. The summed E-state index contributed by atoms with van der Waals surface area (Å²) in [5.41, 5.74) is 0. The molecule has 2 atom stereocenters. The molecule has 3 nitrogen and oxygen atoms in total. The standard InChI is InChI=1S/C6H10Br2O3/c7-6(8)2-1-4(10)5(11)3-9/h2,4-5,9-11H,1,3H2/t4-,5+/m0/s1. The van der Waals surface area contributed by atoms with Crippen LogP contribution in [-0.4, -0.2) is 34.1 Å². The number of aliphatic hydroxyl groups is 3. The summed E-state index contributed by atoms with van der Waals surface area (Å²) in [6, 6.07) is 0. The molecule has 11 heavy (non-hydrogen) atoms. The second-order valence-electron chi connectivity index (χ2n) is 2.05. The highest BCUT2D eigenvalue weighted by molar-refractivity contribution is 9.28. The first-order valence-corrected chi connectivity index (χ1v) is 4.64. The molecule has 0 bridgehead atoms. The van der Waals surface area contributed by atoms with Crippen molar-refractivity contribution in [1.29, 1.82) is 0 Å². The van der Waals surface area contributed by atoms with Gasteiger partial charge in [-0.25, -0.2) is 0 Å². The highest BCUT2D eigenvalue weighted by Gasteiger charge is 2.12. The van der Waals surface area contributed by atoms with Gasteiger partial charge in [0.15, 0.2) is 0 Å². The Hall–Kier alpha value is 0.580. The number of aliphatic hydroxyl groups excluding tert-OH is 3. The first-order valence-electron chi connectivity index (χ1n) is 3.06. The van der Waals surface area contributed by atoms with Crippen molar-refractivity contribution in [3.05, 3.63) is 9.47 Å². The van der Waals surface area contributed by atoms with E-state index in [4.69, 9.17) is 15.3 Å². The normalized spacial score (nSPS) is 15.7. The van der Waals surface area contributed by atoms with Crippen molar-refractivity contribution in [2.24, 2.45) is 0 Å². The van der Waals surface area contributed by atoms with Crippen LogP contribution < -0.4 is 0 Å². The fourth-order valence-electron chi connectivity index (χ4n) is 0.489. The fraction of sp³-hybridized carbons (Fsp3) is 0.667. The number of halogens is 2. The molecule has 5 heteroatoms. The third kappa shape index (κ3) is 5.81. The highest BCUT2D eigenvalue weighted by Crippen LogP contribution is 2.14. The average Bonchev–Trinajstić information content (AvgIpc) is 1.98. The molecule has 0 unspecified atom stereocenters. The summed E-state index contributed by atoms with van der Waals surface area (Å²) in [5.74, 6) is 0. The molecule has 0 radical (unpaired) electrons. The maximum atomic E-state index is 9.07. The van der Waals surface area contributed by atoms with Gasteiger partial charge in [-0.2, -0.15) is 0 Å². The van der Waals surface area contributed by atoms with E-state index in [2.05, 4.69) is 31.9 Å². The van der Waals surface area contributed by atoms with Gasteiger partial charge in [-0.15, -0.1) is 0 Å². The molecule has 0 aliphatic carbocycles. The molecule has 66 valence electrons. The second-order valence-corrected chi connectivity index (χ2v) is 4.82. The van der Waals surface area contributed by atoms with Gasteiger partial charge in [0.2, 0.25) is 0 Å². The van der Waals surface area contributed by atoms with Crippen LogP contribution in [0.5, 0.6) is 0 Å².